The van der Waals surface area contributed by atoms with Gasteiger partial charge in [-0.05, 0) is 55.3 Å². The van der Waals surface area contributed by atoms with Crippen LogP contribution in [0.15, 0.2) is 42.6 Å². The van der Waals surface area contributed by atoms with Crippen molar-refractivity contribution in [2.75, 3.05) is 26.1 Å². The van der Waals surface area contributed by atoms with E-state index in [0.29, 0.717) is 35.6 Å². The van der Waals surface area contributed by atoms with Crippen LogP contribution in [0.2, 0.25) is 0 Å². The zero-order valence-corrected chi connectivity index (χ0v) is 18.8. The Labute approximate surface area is 194 Å². The number of aryl methyl sites for hydroxylation is 1. The summed E-state index contributed by atoms with van der Waals surface area (Å²) in [5, 5.41) is 0.758. The molecule has 0 saturated carbocycles. The molecule has 4 rings (SSSR count). The molecule has 0 unspecified atom stereocenters. The fourth-order valence-corrected chi connectivity index (χ4v) is 4.06. The van der Waals surface area contributed by atoms with E-state index >= 15 is 0 Å². The zero-order valence-electron chi connectivity index (χ0n) is 18.8. The number of nitrogens with two attached hydrogens (primary N) is 1. The fraction of sp³-hybridized carbons (Fsp3) is 0.375. The number of benzene rings is 1. The zero-order chi connectivity index (χ0) is 24.5. The molecule has 3 heterocycles. The second-order valence-electron chi connectivity index (χ2n) is 8.27. The molecule has 10 heteroatoms. The first kappa shape index (κ1) is 23.9. The Hall–Kier alpha value is -3.24. The lowest BCUT2D eigenvalue weighted by Gasteiger charge is -2.39. The minimum atomic E-state index is -4.49. The molecule has 0 spiro atoms. The van der Waals surface area contributed by atoms with Crippen LogP contribution in [0, 0.1) is 6.92 Å². The Morgan fingerprint density at radius 1 is 1.26 bits per heavy atom. The Kier molecular flexibility index (Phi) is 6.72. The summed E-state index contributed by atoms with van der Waals surface area (Å²) in [5.41, 5.74) is 7.23. The highest BCUT2D eigenvalue weighted by atomic mass is 19.4. The number of carbonyl (C=O) groups excluding carboxylic acids is 1. The molecule has 3 aromatic rings. The summed E-state index contributed by atoms with van der Waals surface area (Å²) in [7, 11) is 1.57. The second-order valence-corrected chi connectivity index (χ2v) is 8.27. The van der Waals surface area contributed by atoms with E-state index in [1.807, 2.05) is 13.0 Å². The molecule has 1 aliphatic heterocycles. The van der Waals surface area contributed by atoms with E-state index < -0.39 is 17.8 Å². The van der Waals surface area contributed by atoms with Crippen LogP contribution in [-0.2, 0) is 22.2 Å². The van der Waals surface area contributed by atoms with Crippen LogP contribution in [-0.4, -0.2) is 53.2 Å². The molecule has 1 aliphatic rings. The third kappa shape index (κ3) is 4.97. The third-order valence-corrected chi connectivity index (χ3v) is 6.00. The summed E-state index contributed by atoms with van der Waals surface area (Å²) >= 11 is 0. The first-order chi connectivity index (χ1) is 16.2. The van der Waals surface area contributed by atoms with Crippen LogP contribution in [0.5, 0.6) is 0 Å². The number of amides is 1. The van der Waals surface area contributed by atoms with Gasteiger partial charge in [-0.1, -0.05) is 0 Å². The number of pyridine rings is 2. The van der Waals surface area contributed by atoms with Gasteiger partial charge in [-0.3, -0.25) is 9.78 Å². The van der Waals surface area contributed by atoms with Gasteiger partial charge in [0.25, 0.3) is 5.91 Å². The quantitative estimate of drug-likeness (QED) is 0.602. The van der Waals surface area contributed by atoms with Gasteiger partial charge in [-0.15, -0.1) is 0 Å². The largest absolute Gasteiger partial charge is 0.417 e. The molecule has 2 aromatic heterocycles. The van der Waals surface area contributed by atoms with Crippen molar-refractivity contribution in [3.05, 3.63) is 65.0 Å². The van der Waals surface area contributed by atoms with Crippen molar-refractivity contribution in [2.24, 2.45) is 0 Å². The van der Waals surface area contributed by atoms with Gasteiger partial charge in [-0.2, -0.15) is 13.2 Å². The van der Waals surface area contributed by atoms with Crippen molar-refractivity contribution in [3.8, 4) is 0 Å². The van der Waals surface area contributed by atoms with E-state index in [2.05, 4.69) is 9.97 Å². The molecule has 2 N–H and O–H groups in total. The summed E-state index contributed by atoms with van der Waals surface area (Å²) in [6.07, 6.45) is -3.40. The minimum absolute atomic E-state index is 0.00189. The maximum atomic E-state index is 13.7. The first-order valence-corrected chi connectivity index (χ1v) is 10.8. The van der Waals surface area contributed by atoms with Crippen LogP contribution in [0.3, 0.4) is 0 Å². The molecule has 34 heavy (non-hydrogen) atoms. The minimum Gasteiger partial charge on any atom is -0.383 e. The molecule has 180 valence electrons. The first-order valence-electron chi connectivity index (χ1n) is 10.8. The number of fused-ring (bicyclic) bond motifs is 1. The fourth-order valence-electron chi connectivity index (χ4n) is 4.06. The van der Waals surface area contributed by atoms with Crippen molar-refractivity contribution in [3.63, 3.8) is 0 Å². The van der Waals surface area contributed by atoms with E-state index in [-0.39, 0.29) is 25.2 Å². The molecular weight excluding hydrogens is 449 g/mol. The van der Waals surface area contributed by atoms with Crippen LogP contribution in [0.1, 0.15) is 33.6 Å². The monoisotopic (exact) mass is 474 g/mol. The lowest BCUT2D eigenvalue weighted by Crippen LogP contribution is -2.52. The maximum absolute atomic E-state index is 13.7. The summed E-state index contributed by atoms with van der Waals surface area (Å²) in [5.74, 6) is 0.111. The molecule has 1 amide bonds. The summed E-state index contributed by atoms with van der Waals surface area (Å²) in [4.78, 5) is 23.6. The molecular formula is C24H25F3N4O3. The van der Waals surface area contributed by atoms with Crippen LogP contribution in [0.25, 0.3) is 10.9 Å². The van der Waals surface area contributed by atoms with Crippen molar-refractivity contribution in [1.82, 2.24) is 14.9 Å². The predicted octanol–water partition coefficient (Wildman–Crippen LogP) is 3.99. The van der Waals surface area contributed by atoms with E-state index in [4.69, 9.17) is 15.2 Å². The number of alkyl halides is 3. The molecule has 7 nitrogen and oxygen atoms in total. The molecule has 2 atom stereocenters. The standard InChI is InChI=1S/C24H25F3N4O3/c1-14-9-16-10-15(3-6-19(16)30-22(14)28)23(32)31(20-13-34-8-7-21(20)33-2)12-18-5-4-17(11-29-18)24(25,26)27/h3-6,9-11,20-21H,7-8,12-13H2,1-2H3,(H2,28,30)/t20-,21-/m0/s1. The molecule has 1 fully saturated rings. The average molecular weight is 474 g/mol. The average Bonchev–Trinajstić information content (AvgIpc) is 2.82. The van der Waals surface area contributed by atoms with E-state index in [0.717, 1.165) is 23.2 Å². The van der Waals surface area contributed by atoms with Crippen molar-refractivity contribution in [1.29, 1.82) is 0 Å². The topological polar surface area (TPSA) is 90.6 Å². The van der Waals surface area contributed by atoms with Gasteiger partial charge in [0.05, 0.1) is 42.1 Å². The normalized spacial score (nSPS) is 18.7. The number of hydrogen-bond donors (Lipinski definition) is 1. The van der Waals surface area contributed by atoms with E-state index in [1.54, 1.807) is 30.2 Å². The third-order valence-electron chi connectivity index (χ3n) is 6.00. The molecule has 1 aromatic carbocycles. The number of halogens is 3. The van der Waals surface area contributed by atoms with Gasteiger partial charge in [-0.25, -0.2) is 4.98 Å². The van der Waals surface area contributed by atoms with Gasteiger partial charge in [0, 0.05) is 30.9 Å². The Morgan fingerprint density at radius 3 is 2.74 bits per heavy atom. The lowest BCUT2D eigenvalue weighted by molar-refractivity contribution is -0.137. The molecule has 0 aliphatic carbocycles. The van der Waals surface area contributed by atoms with Crippen LogP contribution >= 0.6 is 0 Å². The van der Waals surface area contributed by atoms with Gasteiger partial charge in [0.15, 0.2) is 0 Å². The number of ether oxygens (including phenoxy) is 2. The number of anilines is 1. The Balaban J connectivity index is 1.69. The van der Waals surface area contributed by atoms with Crippen molar-refractivity contribution >= 4 is 22.6 Å². The number of nitrogen functional groups attached to an aromatic ring is 1. The highest BCUT2D eigenvalue weighted by molar-refractivity contribution is 5.98. The lowest BCUT2D eigenvalue weighted by atomic mass is 10.0. The van der Waals surface area contributed by atoms with E-state index in [9.17, 15) is 18.0 Å². The van der Waals surface area contributed by atoms with Crippen molar-refractivity contribution < 1.29 is 27.4 Å². The SMILES string of the molecule is CO[C@H]1CCOC[C@@H]1N(Cc1ccc(C(F)(F)F)cn1)C(=O)c1ccc2nc(N)c(C)cc2c1. The molecule has 0 radical (unpaired) electrons. The van der Waals surface area contributed by atoms with Gasteiger partial charge in [0.2, 0.25) is 0 Å². The smallest absolute Gasteiger partial charge is 0.383 e. The summed E-state index contributed by atoms with van der Waals surface area (Å²) < 4.78 is 50.1. The van der Waals surface area contributed by atoms with Gasteiger partial charge in [0.1, 0.15) is 5.82 Å². The number of carbonyl (C=O) groups is 1. The number of aromatic nitrogens is 2. The van der Waals surface area contributed by atoms with E-state index in [1.165, 1.54) is 6.07 Å². The number of rotatable bonds is 5. The van der Waals surface area contributed by atoms with Crippen LogP contribution in [0.4, 0.5) is 19.0 Å². The van der Waals surface area contributed by atoms with Crippen LogP contribution < -0.4 is 5.73 Å². The Morgan fingerprint density at radius 2 is 2.06 bits per heavy atom. The van der Waals surface area contributed by atoms with Crippen molar-refractivity contribution in [2.45, 2.75) is 38.2 Å². The number of nitrogens with zero attached hydrogens (tertiary/aromatic N) is 3. The summed E-state index contributed by atoms with van der Waals surface area (Å²) in [6, 6.07) is 8.78. The highest BCUT2D eigenvalue weighted by Crippen LogP contribution is 2.29. The highest BCUT2D eigenvalue weighted by Gasteiger charge is 2.35. The summed E-state index contributed by atoms with van der Waals surface area (Å²) in [6.45, 7) is 2.58. The Bertz CT molecular complexity index is 1180. The van der Waals surface area contributed by atoms with Gasteiger partial charge >= 0.3 is 6.18 Å². The second kappa shape index (κ2) is 9.55. The maximum Gasteiger partial charge on any atom is 0.417 e. The molecule has 0 bridgehead atoms. The molecule has 1 saturated heterocycles. The predicted molar refractivity (Wildman–Crippen MR) is 120 cm³/mol. The number of hydrogen-bond acceptors (Lipinski definition) is 6. The number of methoxy groups -OCH3 is 1. The van der Waals surface area contributed by atoms with Gasteiger partial charge < -0.3 is 20.1 Å².